The molecule has 0 N–H and O–H groups in total. The van der Waals surface area contributed by atoms with E-state index in [0.29, 0.717) is 11.6 Å². The van der Waals surface area contributed by atoms with Crippen LogP contribution in [0, 0.1) is 29.9 Å². The SMILES string of the molecule is Cc1ccc(C(F)=C(F)C(=O)Oc2ccc(C#N)c(F)c2)c(F)c1. The summed E-state index contributed by atoms with van der Waals surface area (Å²) in [5.74, 6) is -7.90. The maximum Gasteiger partial charge on any atom is 0.375 e. The molecule has 0 saturated heterocycles. The molecule has 0 radical (unpaired) electrons. The van der Waals surface area contributed by atoms with Gasteiger partial charge in [0.2, 0.25) is 5.83 Å². The number of nitriles is 1. The third-order valence-corrected chi connectivity index (χ3v) is 3.00. The Bertz CT molecular complexity index is 885. The first kappa shape index (κ1) is 17.2. The van der Waals surface area contributed by atoms with Gasteiger partial charge in [0.1, 0.15) is 23.5 Å². The third kappa shape index (κ3) is 3.60. The molecule has 24 heavy (non-hydrogen) atoms. The van der Waals surface area contributed by atoms with E-state index in [9.17, 15) is 22.4 Å². The van der Waals surface area contributed by atoms with Crippen LogP contribution in [-0.2, 0) is 4.79 Å². The summed E-state index contributed by atoms with van der Waals surface area (Å²) in [6.07, 6.45) is 0. The fourth-order valence-electron chi connectivity index (χ4n) is 1.81. The van der Waals surface area contributed by atoms with Gasteiger partial charge in [-0.1, -0.05) is 6.07 Å². The van der Waals surface area contributed by atoms with Gasteiger partial charge < -0.3 is 4.74 Å². The van der Waals surface area contributed by atoms with Crippen LogP contribution in [0.25, 0.3) is 5.83 Å². The second-order valence-corrected chi connectivity index (χ2v) is 4.75. The van der Waals surface area contributed by atoms with Gasteiger partial charge in [-0.15, -0.1) is 0 Å². The number of aryl methyl sites for hydroxylation is 1. The number of rotatable bonds is 3. The smallest absolute Gasteiger partial charge is 0.375 e. The minimum atomic E-state index is -1.96. The molecule has 0 spiro atoms. The highest BCUT2D eigenvalue weighted by Crippen LogP contribution is 2.26. The first-order chi connectivity index (χ1) is 11.3. The van der Waals surface area contributed by atoms with Gasteiger partial charge in [0, 0.05) is 11.6 Å². The molecular weight excluding hydrogens is 326 g/mol. The van der Waals surface area contributed by atoms with Crippen LogP contribution in [0.4, 0.5) is 17.6 Å². The topological polar surface area (TPSA) is 50.1 Å². The van der Waals surface area contributed by atoms with E-state index in [1.54, 1.807) is 13.0 Å². The summed E-state index contributed by atoms with van der Waals surface area (Å²) < 4.78 is 59.2. The Morgan fingerprint density at radius 2 is 1.79 bits per heavy atom. The van der Waals surface area contributed by atoms with Gasteiger partial charge in [-0.25, -0.2) is 18.0 Å². The van der Waals surface area contributed by atoms with E-state index < -0.39 is 40.6 Å². The normalized spacial score (nSPS) is 11.5. The summed E-state index contributed by atoms with van der Waals surface area (Å²) in [5.41, 5.74) is -0.556. The van der Waals surface area contributed by atoms with Crippen molar-refractivity contribution in [2.24, 2.45) is 0 Å². The molecule has 0 unspecified atom stereocenters. The molecule has 2 rings (SSSR count). The highest BCUT2D eigenvalue weighted by atomic mass is 19.2. The van der Waals surface area contributed by atoms with Crippen molar-refractivity contribution in [3.63, 3.8) is 0 Å². The first-order valence-electron chi connectivity index (χ1n) is 6.57. The van der Waals surface area contributed by atoms with Crippen LogP contribution in [0.1, 0.15) is 16.7 Å². The zero-order valence-electron chi connectivity index (χ0n) is 12.2. The number of halogens is 4. The summed E-state index contributed by atoms with van der Waals surface area (Å²) in [5, 5.41) is 8.57. The molecule has 7 heteroatoms. The lowest BCUT2D eigenvalue weighted by Gasteiger charge is -2.06. The molecule has 0 aliphatic rings. The van der Waals surface area contributed by atoms with Crippen LogP contribution in [-0.4, -0.2) is 5.97 Å². The summed E-state index contributed by atoms with van der Waals surface area (Å²) >= 11 is 0. The Morgan fingerprint density at radius 1 is 1.08 bits per heavy atom. The molecule has 2 aromatic carbocycles. The molecule has 0 heterocycles. The van der Waals surface area contributed by atoms with E-state index in [0.717, 1.165) is 24.3 Å². The van der Waals surface area contributed by atoms with Crippen LogP contribution in [0.15, 0.2) is 42.2 Å². The van der Waals surface area contributed by atoms with Crippen molar-refractivity contribution in [2.45, 2.75) is 6.92 Å². The Morgan fingerprint density at radius 3 is 2.38 bits per heavy atom. The molecule has 0 atom stereocenters. The fourth-order valence-corrected chi connectivity index (χ4v) is 1.81. The number of hydrogen-bond acceptors (Lipinski definition) is 3. The Labute approximate surface area is 134 Å². The highest BCUT2D eigenvalue weighted by Gasteiger charge is 2.22. The number of benzene rings is 2. The fraction of sp³-hybridized carbons (Fsp3) is 0.0588. The summed E-state index contributed by atoms with van der Waals surface area (Å²) in [6, 6.07) is 7.57. The van der Waals surface area contributed by atoms with E-state index in [1.165, 1.54) is 6.07 Å². The summed E-state index contributed by atoms with van der Waals surface area (Å²) in [6.45, 7) is 1.55. The van der Waals surface area contributed by atoms with E-state index in [1.807, 2.05) is 0 Å². The van der Waals surface area contributed by atoms with Crippen LogP contribution < -0.4 is 4.74 Å². The zero-order chi connectivity index (χ0) is 17.9. The van der Waals surface area contributed by atoms with E-state index >= 15 is 0 Å². The van der Waals surface area contributed by atoms with Gasteiger partial charge in [0.25, 0.3) is 0 Å². The van der Waals surface area contributed by atoms with Crippen molar-refractivity contribution in [3.05, 3.63) is 70.5 Å². The van der Waals surface area contributed by atoms with E-state index in [4.69, 9.17) is 5.26 Å². The molecule has 0 aromatic heterocycles. The molecule has 0 bridgehead atoms. The lowest BCUT2D eigenvalue weighted by Crippen LogP contribution is -2.10. The van der Waals surface area contributed by atoms with Crippen LogP contribution in [0.5, 0.6) is 5.75 Å². The van der Waals surface area contributed by atoms with Crippen molar-refractivity contribution < 1.29 is 27.1 Å². The molecule has 3 nitrogen and oxygen atoms in total. The second kappa shape index (κ2) is 6.96. The first-order valence-corrected chi connectivity index (χ1v) is 6.57. The standard InChI is InChI=1S/C17H9F4NO2/c1-9-2-5-12(14(19)6-9)15(20)16(21)17(23)24-11-4-3-10(8-22)13(18)7-11/h2-7H,1H3. The van der Waals surface area contributed by atoms with Crippen LogP contribution in [0.3, 0.4) is 0 Å². The molecule has 0 aliphatic carbocycles. The molecule has 0 amide bonds. The Hall–Kier alpha value is -3.14. The zero-order valence-corrected chi connectivity index (χ0v) is 12.2. The van der Waals surface area contributed by atoms with E-state index in [-0.39, 0.29) is 5.56 Å². The number of nitrogens with zero attached hydrogens (tertiary/aromatic N) is 1. The van der Waals surface area contributed by atoms with Gasteiger partial charge in [-0.2, -0.15) is 9.65 Å². The van der Waals surface area contributed by atoms with Crippen molar-refractivity contribution in [1.82, 2.24) is 0 Å². The summed E-state index contributed by atoms with van der Waals surface area (Å²) in [4.78, 5) is 11.6. The maximum atomic E-state index is 13.9. The van der Waals surface area contributed by atoms with Crippen molar-refractivity contribution in [2.75, 3.05) is 0 Å². The maximum absolute atomic E-state index is 13.9. The molecular formula is C17H9F4NO2. The van der Waals surface area contributed by atoms with Crippen molar-refractivity contribution in [1.29, 1.82) is 5.26 Å². The molecule has 0 fully saturated rings. The van der Waals surface area contributed by atoms with Gasteiger partial charge in [0.05, 0.1) is 5.56 Å². The van der Waals surface area contributed by atoms with Gasteiger partial charge in [-0.05, 0) is 36.8 Å². The molecule has 0 aliphatic heterocycles. The lowest BCUT2D eigenvalue weighted by atomic mass is 10.1. The molecule has 2 aromatic rings. The minimum absolute atomic E-state index is 0.307. The number of esters is 1. The van der Waals surface area contributed by atoms with Gasteiger partial charge >= 0.3 is 5.97 Å². The van der Waals surface area contributed by atoms with Gasteiger partial charge in [0.15, 0.2) is 5.83 Å². The van der Waals surface area contributed by atoms with Crippen LogP contribution >= 0.6 is 0 Å². The van der Waals surface area contributed by atoms with Crippen LogP contribution in [0.2, 0.25) is 0 Å². The summed E-state index contributed by atoms with van der Waals surface area (Å²) in [7, 11) is 0. The Kier molecular flexibility index (Phi) is 4.99. The number of ether oxygens (including phenoxy) is 1. The highest BCUT2D eigenvalue weighted by molar-refractivity contribution is 5.95. The molecule has 0 saturated carbocycles. The number of hydrogen-bond donors (Lipinski definition) is 0. The van der Waals surface area contributed by atoms with Crippen molar-refractivity contribution >= 4 is 11.8 Å². The van der Waals surface area contributed by atoms with E-state index in [2.05, 4.69) is 4.74 Å². The Balaban J connectivity index is 2.28. The average molecular weight is 335 g/mol. The largest absolute Gasteiger partial charge is 0.421 e. The average Bonchev–Trinajstić information content (AvgIpc) is 2.53. The predicted octanol–water partition coefficient (Wildman–Crippen LogP) is 4.36. The minimum Gasteiger partial charge on any atom is -0.421 e. The molecule has 122 valence electrons. The number of carbonyl (C=O) groups is 1. The van der Waals surface area contributed by atoms with Gasteiger partial charge in [-0.3, -0.25) is 0 Å². The van der Waals surface area contributed by atoms with Crippen molar-refractivity contribution in [3.8, 4) is 11.8 Å². The lowest BCUT2D eigenvalue weighted by molar-refractivity contribution is -0.131. The quantitative estimate of drug-likeness (QED) is 0.362. The number of carbonyl (C=O) groups excluding carboxylic acids is 1. The third-order valence-electron chi connectivity index (χ3n) is 3.00. The predicted molar refractivity (Wildman–Crippen MR) is 77.0 cm³/mol. The second-order valence-electron chi connectivity index (χ2n) is 4.75. The monoisotopic (exact) mass is 335 g/mol.